The summed E-state index contributed by atoms with van der Waals surface area (Å²) in [6, 6.07) is 14.4. The molecule has 0 saturated carbocycles. The number of carbonyl (C=O) groups excluding carboxylic acids is 2. The third-order valence-corrected chi connectivity index (χ3v) is 8.47. The van der Waals surface area contributed by atoms with E-state index in [1.54, 1.807) is 9.13 Å². The molecule has 2 heterocycles. The van der Waals surface area contributed by atoms with Crippen molar-refractivity contribution < 1.29 is 27.8 Å². The maximum atomic E-state index is 15.7. The zero-order chi connectivity index (χ0) is 36.0. The van der Waals surface area contributed by atoms with Crippen molar-refractivity contribution in [2.45, 2.75) is 13.1 Å². The number of rotatable bonds is 9. The molecule has 0 aliphatic heterocycles. The number of halogens is 4. The first-order chi connectivity index (χ1) is 23.9. The Hall–Kier alpha value is -6.22. The summed E-state index contributed by atoms with van der Waals surface area (Å²) in [6.07, 6.45) is 0. The maximum absolute atomic E-state index is 15.7. The van der Waals surface area contributed by atoms with Crippen LogP contribution >= 0.6 is 23.2 Å². The van der Waals surface area contributed by atoms with Gasteiger partial charge in [-0.25, -0.2) is 18.7 Å². The van der Waals surface area contributed by atoms with Gasteiger partial charge in [0.25, 0.3) is 11.8 Å². The fourth-order valence-electron chi connectivity index (χ4n) is 5.95. The molecule has 0 fully saturated rings. The summed E-state index contributed by atoms with van der Waals surface area (Å²) < 4.78 is 45.6. The number of nitrogens with two attached hydrogens (primary N) is 2. The van der Waals surface area contributed by atoms with Crippen LogP contribution in [0.2, 0.25) is 10.0 Å². The first-order valence-electron chi connectivity index (χ1n) is 14.5. The SMILES string of the molecule is COc1c(C(N)=O)ccc2c1nc(-c1c(F)cc(Cl)cc1C#N)n2CCn1c(-c2c(F)cc(Cl)cc2C#N)nc2c(OC)c(C(N)=O)ccc21. The second-order valence-corrected chi connectivity index (χ2v) is 11.6. The van der Waals surface area contributed by atoms with Crippen molar-refractivity contribution in [3.8, 4) is 46.4 Å². The van der Waals surface area contributed by atoms with Crippen LogP contribution in [0.25, 0.3) is 44.8 Å². The lowest BCUT2D eigenvalue weighted by atomic mass is 10.1. The molecule has 16 heteroatoms. The van der Waals surface area contributed by atoms with Crippen molar-refractivity contribution in [1.82, 2.24) is 19.1 Å². The highest BCUT2D eigenvalue weighted by atomic mass is 35.5. The van der Waals surface area contributed by atoms with Crippen molar-refractivity contribution in [3.63, 3.8) is 0 Å². The number of primary amides is 2. The number of aromatic nitrogens is 4. The van der Waals surface area contributed by atoms with E-state index < -0.39 is 23.4 Å². The van der Waals surface area contributed by atoms with Gasteiger partial charge in [-0.05, 0) is 48.5 Å². The van der Waals surface area contributed by atoms with Crippen LogP contribution < -0.4 is 20.9 Å². The molecule has 0 aliphatic rings. The van der Waals surface area contributed by atoms with Crippen molar-refractivity contribution in [2.24, 2.45) is 11.5 Å². The lowest BCUT2D eigenvalue weighted by Gasteiger charge is -2.15. The van der Waals surface area contributed by atoms with Crippen LogP contribution in [0.5, 0.6) is 11.5 Å². The molecule has 6 aromatic rings. The molecular formula is C34H22Cl2F2N8O4. The third-order valence-electron chi connectivity index (χ3n) is 8.03. The van der Waals surface area contributed by atoms with Gasteiger partial charge in [-0.3, -0.25) is 9.59 Å². The van der Waals surface area contributed by atoms with Gasteiger partial charge in [0.2, 0.25) is 0 Å². The van der Waals surface area contributed by atoms with E-state index in [0.29, 0.717) is 11.0 Å². The fraction of sp³-hybridized carbons (Fsp3) is 0.118. The molecule has 0 spiro atoms. The first-order valence-corrected chi connectivity index (χ1v) is 15.2. The number of hydrogen-bond donors (Lipinski definition) is 2. The lowest BCUT2D eigenvalue weighted by molar-refractivity contribution is 0.0989. The second kappa shape index (κ2) is 13.0. The predicted octanol–water partition coefficient (Wildman–Crippen LogP) is 5.96. The van der Waals surface area contributed by atoms with Gasteiger partial charge in [-0.15, -0.1) is 0 Å². The monoisotopic (exact) mass is 714 g/mol. The Morgan fingerprint density at radius 1 is 0.740 bits per heavy atom. The van der Waals surface area contributed by atoms with E-state index in [-0.39, 0.29) is 90.7 Å². The van der Waals surface area contributed by atoms with Gasteiger partial charge in [0.15, 0.2) is 11.5 Å². The molecule has 0 bridgehead atoms. The summed E-state index contributed by atoms with van der Waals surface area (Å²) in [5.41, 5.74) is 11.6. The van der Waals surface area contributed by atoms with E-state index in [2.05, 4.69) is 9.97 Å². The van der Waals surface area contributed by atoms with E-state index in [1.807, 2.05) is 12.1 Å². The molecule has 50 heavy (non-hydrogen) atoms. The fourth-order valence-corrected chi connectivity index (χ4v) is 6.36. The highest BCUT2D eigenvalue weighted by Crippen LogP contribution is 2.39. The first kappa shape index (κ1) is 33.7. The highest BCUT2D eigenvalue weighted by molar-refractivity contribution is 6.31. The number of benzene rings is 4. The Balaban J connectivity index is 1.65. The van der Waals surface area contributed by atoms with Gasteiger partial charge < -0.3 is 30.1 Å². The van der Waals surface area contributed by atoms with Gasteiger partial charge in [0.05, 0.1) is 58.6 Å². The summed E-state index contributed by atoms with van der Waals surface area (Å²) in [5, 5.41) is 19.9. The molecule has 250 valence electrons. The topological polar surface area (TPSA) is 188 Å². The zero-order valence-corrected chi connectivity index (χ0v) is 27.5. The smallest absolute Gasteiger partial charge is 0.252 e. The van der Waals surface area contributed by atoms with Crippen LogP contribution in [0.3, 0.4) is 0 Å². The number of ether oxygens (including phenoxy) is 2. The quantitative estimate of drug-likeness (QED) is 0.183. The van der Waals surface area contributed by atoms with E-state index >= 15 is 8.78 Å². The summed E-state index contributed by atoms with van der Waals surface area (Å²) >= 11 is 12.1. The summed E-state index contributed by atoms with van der Waals surface area (Å²) in [5.74, 6) is -3.32. The normalized spacial score (nSPS) is 11.0. The number of imidazole rings is 2. The predicted molar refractivity (Wildman–Crippen MR) is 180 cm³/mol. The highest BCUT2D eigenvalue weighted by Gasteiger charge is 2.27. The van der Waals surface area contributed by atoms with E-state index in [1.165, 1.54) is 50.6 Å². The van der Waals surface area contributed by atoms with Crippen LogP contribution in [-0.2, 0) is 13.1 Å². The Bertz CT molecular complexity index is 2340. The number of aryl methyl sites for hydroxylation is 2. The number of nitrogens with zero attached hydrogens (tertiary/aromatic N) is 6. The number of carbonyl (C=O) groups is 2. The number of nitriles is 2. The number of methoxy groups -OCH3 is 2. The lowest BCUT2D eigenvalue weighted by Crippen LogP contribution is -2.13. The van der Waals surface area contributed by atoms with Crippen LogP contribution in [0.15, 0.2) is 48.5 Å². The molecule has 0 atom stereocenters. The van der Waals surface area contributed by atoms with Gasteiger partial charge in [-0.1, -0.05) is 23.2 Å². The third kappa shape index (κ3) is 5.46. The standard InChI is InChI=1S/C34H22Cl2F2N8O4/c1-49-29-19(31(41)47)3-5-23-27(29)43-33(25-15(13-39)9-17(35)11-21(25)37)45(23)7-8-46-24-6-4-20(32(42)48)30(50-2)28(24)44-34(46)26-16(14-40)10-18(36)12-22(26)38/h3-6,9-12H,7-8H2,1-2H3,(H2,41,47)(H2,42,48). The van der Waals surface area contributed by atoms with Crippen molar-refractivity contribution >= 4 is 57.1 Å². The number of fused-ring (bicyclic) bond motifs is 2. The van der Waals surface area contributed by atoms with Crippen LogP contribution in [0.4, 0.5) is 8.78 Å². The molecule has 12 nitrogen and oxygen atoms in total. The van der Waals surface area contributed by atoms with Gasteiger partial charge in [0.1, 0.15) is 46.5 Å². The minimum Gasteiger partial charge on any atom is -0.494 e. The molecule has 2 aromatic heterocycles. The molecule has 0 aliphatic carbocycles. The Labute approximate surface area is 291 Å². The molecule has 0 radical (unpaired) electrons. The van der Waals surface area contributed by atoms with Crippen LogP contribution in [0.1, 0.15) is 31.8 Å². The maximum Gasteiger partial charge on any atom is 0.252 e. The van der Waals surface area contributed by atoms with Gasteiger partial charge in [0, 0.05) is 23.1 Å². The summed E-state index contributed by atoms with van der Waals surface area (Å²) in [4.78, 5) is 33.8. The van der Waals surface area contributed by atoms with Gasteiger partial charge >= 0.3 is 0 Å². The molecule has 2 amide bonds. The van der Waals surface area contributed by atoms with Crippen molar-refractivity contribution in [2.75, 3.05) is 14.2 Å². The molecule has 4 aromatic carbocycles. The number of amides is 2. The Morgan fingerprint density at radius 2 is 1.12 bits per heavy atom. The van der Waals surface area contributed by atoms with Gasteiger partial charge in [-0.2, -0.15) is 10.5 Å². The second-order valence-electron chi connectivity index (χ2n) is 10.8. The summed E-state index contributed by atoms with van der Waals surface area (Å²) in [6.45, 7) is -0.0967. The van der Waals surface area contributed by atoms with E-state index in [0.717, 1.165) is 12.1 Å². The summed E-state index contributed by atoms with van der Waals surface area (Å²) in [7, 11) is 2.63. The minimum atomic E-state index is -0.848. The van der Waals surface area contributed by atoms with E-state index in [4.69, 9.17) is 44.1 Å². The van der Waals surface area contributed by atoms with Crippen molar-refractivity contribution in [1.29, 1.82) is 10.5 Å². The van der Waals surface area contributed by atoms with E-state index in [9.17, 15) is 20.1 Å². The minimum absolute atomic E-state index is 0.00997. The molecule has 6 rings (SSSR count). The molecule has 0 unspecified atom stereocenters. The van der Waals surface area contributed by atoms with Crippen molar-refractivity contribution in [3.05, 3.63) is 92.5 Å². The Kier molecular flexibility index (Phi) is 8.76. The average Bonchev–Trinajstić information content (AvgIpc) is 3.62. The number of hydrogen-bond acceptors (Lipinski definition) is 8. The zero-order valence-electron chi connectivity index (χ0n) is 26.0. The molecule has 0 saturated heterocycles. The average molecular weight is 716 g/mol. The van der Waals surface area contributed by atoms with Crippen LogP contribution in [0, 0.1) is 34.3 Å². The molecule has 4 N–H and O–H groups in total. The largest absolute Gasteiger partial charge is 0.494 e. The molecular weight excluding hydrogens is 693 g/mol. The van der Waals surface area contributed by atoms with Crippen LogP contribution in [-0.4, -0.2) is 45.1 Å². The Morgan fingerprint density at radius 3 is 1.44 bits per heavy atom.